The van der Waals surface area contributed by atoms with Gasteiger partial charge in [-0.05, 0) is 124 Å². The Hall–Kier alpha value is -9.43. The molecule has 386 valence electrons. The molecule has 4 aromatic carbocycles. The molecule has 0 radical (unpaired) electrons. The molecule has 4 aromatic heterocycles. The van der Waals surface area contributed by atoms with E-state index in [1.807, 2.05) is 45.0 Å². The number of rotatable bonds is 14. The Bertz CT molecular complexity index is 3470. The van der Waals surface area contributed by atoms with Crippen LogP contribution in [-0.4, -0.2) is 109 Å². The highest BCUT2D eigenvalue weighted by atomic mass is 19.1. The first-order valence-electron chi connectivity index (χ1n) is 24.2. The molecule has 0 atom stereocenters. The van der Waals surface area contributed by atoms with Gasteiger partial charge in [-0.2, -0.15) is 0 Å². The second kappa shape index (κ2) is 22.4. The summed E-state index contributed by atoms with van der Waals surface area (Å²) in [5.41, 5.74) is 4.50. The lowest BCUT2D eigenvalue weighted by Gasteiger charge is -2.40. The zero-order chi connectivity index (χ0) is 53.5. The van der Waals surface area contributed by atoms with Crippen molar-refractivity contribution < 1.29 is 27.9 Å². The Morgan fingerprint density at radius 2 is 1.07 bits per heavy atom. The molecule has 76 heavy (non-hydrogen) atoms. The third kappa shape index (κ3) is 12.7. The van der Waals surface area contributed by atoms with Crippen LogP contribution in [-0.2, 0) is 14.3 Å². The average molecular weight is 1030 g/mol. The molecule has 6 heterocycles. The van der Waals surface area contributed by atoms with Crippen molar-refractivity contribution in [1.82, 2.24) is 39.7 Å². The molecule has 0 bridgehead atoms. The molecule has 0 saturated carbocycles. The smallest absolute Gasteiger partial charge is 0.410 e. The number of halogens is 2. The maximum atomic E-state index is 15.1. The van der Waals surface area contributed by atoms with Gasteiger partial charge in [0.2, 0.25) is 23.7 Å². The second-order valence-electron chi connectivity index (χ2n) is 19.1. The number of aromatic nitrogens is 6. The van der Waals surface area contributed by atoms with E-state index >= 15 is 8.78 Å². The highest BCUT2D eigenvalue weighted by molar-refractivity contribution is 6.01. The van der Waals surface area contributed by atoms with Crippen LogP contribution in [0, 0.1) is 11.6 Å². The molecule has 2 saturated heterocycles. The highest BCUT2D eigenvalue weighted by Crippen LogP contribution is 2.34. The van der Waals surface area contributed by atoms with Gasteiger partial charge >= 0.3 is 6.09 Å². The predicted octanol–water partition coefficient (Wildman–Crippen LogP) is 10.2. The van der Waals surface area contributed by atoms with Crippen molar-refractivity contribution in [2.45, 2.75) is 38.5 Å². The van der Waals surface area contributed by atoms with Crippen LogP contribution in [0.25, 0.3) is 44.1 Å². The standard InChI is InChI=1S/C30H30FN7O3.C26H24FN7O/c1-5-25(39)35-20-8-6-7-18(13-20)26-23(31)11-9-19-14-33-28(37-27(19)26)36-21-10-12-24(32-15-21)34-22-16-38(17-22)29(40)41-30(2,3)4;1-3-23(35)31-18-6-4-5-16(11-18)24-21(27)9-7-17-12-29-26(33-25(17)24)32-19-8-10-22(28-13-19)30-20-14-34(2)15-20/h5-15,22H,1,16-17H2,2-4H3,(H,32,34)(H,35,39)(H,33,36,37);3-13,20H,1,14-15H2,2H3,(H,28,30)(H,31,35)(H,29,32,33). The molecule has 6 N–H and O–H groups in total. The minimum absolute atomic E-state index is 0.0783. The van der Waals surface area contributed by atoms with Gasteiger partial charge in [-0.1, -0.05) is 37.4 Å². The molecule has 2 fully saturated rings. The molecule has 0 aliphatic carbocycles. The number of fused-ring (bicyclic) bond motifs is 2. The van der Waals surface area contributed by atoms with Crippen LogP contribution in [0.3, 0.4) is 0 Å². The Kier molecular flexibility index (Phi) is 15.1. The van der Waals surface area contributed by atoms with Crippen LogP contribution in [0.4, 0.5) is 59.9 Å². The number of carbonyl (C=O) groups is 3. The van der Waals surface area contributed by atoms with E-state index in [1.54, 1.807) is 90.4 Å². The topological polar surface area (TPSA) is 216 Å². The number of benzene rings is 4. The van der Waals surface area contributed by atoms with E-state index in [0.29, 0.717) is 97.7 Å². The number of nitrogens with one attached hydrogen (secondary N) is 6. The number of hydrogen-bond donors (Lipinski definition) is 6. The van der Waals surface area contributed by atoms with Crippen LogP contribution >= 0.6 is 0 Å². The third-order valence-electron chi connectivity index (χ3n) is 12.0. The largest absolute Gasteiger partial charge is 0.444 e. The maximum absolute atomic E-state index is 15.1. The van der Waals surface area contributed by atoms with Crippen molar-refractivity contribution in [1.29, 1.82) is 0 Å². The SMILES string of the molecule is C=CC(=O)Nc1cccc(-c2c(F)ccc3cnc(Nc4ccc(NC5CN(C(=O)OC(C)(C)C)C5)nc4)nc23)c1.C=CC(=O)Nc1cccc(-c2c(F)ccc3cnc(Nc4ccc(NC5CN(C)C5)nc4)nc23)c1. The highest BCUT2D eigenvalue weighted by Gasteiger charge is 2.34. The van der Waals surface area contributed by atoms with Crippen LogP contribution in [0.2, 0.25) is 0 Å². The molecule has 0 unspecified atom stereocenters. The maximum Gasteiger partial charge on any atom is 0.410 e. The van der Waals surface area contributed by atoms with Gasteiger partial charge in [0, 0.05) is 71.8 Å². The molecule has 18 nitrogen and oxygen atoms in total. The normalized spacial score (nSPS) is 13.5. The monoisotopic (exact) mass is 1020 g/mol. The van der Waals surface area contributed by atoms with Gasteiger partial charge in [0.15, 0.2) is 0 Å². The Morgan fingerprint density at radius 3 is 1.47 bits per heavy atom. The van der Waals surface area contributed by atoms with E-state index in [9.17, 15) is 14.4 Å². The minimum atomic E-state index is -0.528. The Balaban J connectivity index is 0.000000188. The first-order chi connectivity index (χ1) is 36.6. The van der Waals surface area contributed by atoms with E-state index in [4.69, 9.17) is 4.74 Å². The fourth-order valence-electron chi connectivity index (χ4n) is 8.33. The van der Waals surface area contributed by atoms with Gasteiger partial charge < -0.3 is 46.4 Å². The second-order valence-corrected chi connectivity index (χ2v) is 19.1. The van der Waals surface area contributed by atoms with Gasteiger partial charge in [0.1, 0.15) is 28.9 Å². The molecule has 3 amide bonds. The minimum Gasteiger partial charge on any atom is -0.444 e. The summed E-state index contributed by atoms with van der Waals surface area (Å²) in [5.74, 6) is 0.487. The van der Waals surface area contributed by atoms with E-state index in [-0.39, 0.29) is 29.9 Å². The lowest BCUT2D eigenvalue weighted by atomic mass is 10.0. The van der Waals surface area contributed by atoms with Gasteiger partial charge in [-0.3, -0.25) is 9.59 Å². The first kappa shape index (κ1) is 51.5. The lowest BCUT2D eigenvalue weighted by molar-refractivity contribution is -0.112. The van der Waals surface area contributed by atoms with Crippen LogP contribution in [0.15, 0.2) is 147 Å². The number of carbonyl (C=O) groups excluding carboxylic acids is 3. The zero-order valence-corrected chi connectivity index (χ0v) is 42.1. The molecule has 0 spiro atoms. The van der Waals surface area contributed by atoms with Crippen molar-refractivity contribution in [3.05, 3.63) is 159 Å². The number of ether oxygens (including phenoxy) is 1. The molecule has 10 rings (SSSR count). The predicted molar refractivity (Wildman–Crippen MR) is 293 cm³/mol. The molecular weight excluding hydrogens is 971 g/mol. The van der Waals surface area contributed by atoms with E-state index < -0.39 is 17.2 Å². The molecule has 2 aliphatic rings. The average Bonchev–Trinajstić information content (AvgIpc) is 3.37. The Morgan fingerprint density at radius 1 is 0.605 bits per heavy atom. The van der Waals surface area contributed by atoms with Crippen LogP contribution < -0.4 is 31.9 Å². The summed E-state index contributed by atoms with van der Waals surface area (Å²) >= 11 is 0. The summed E-state index contributed by atoms with van der Waals surface area (Å²) in [5, 5.41) is 19.7. The molecule has 2 aliphatic heterocycles. The van der Waals surface area contributed by atoms with E-state index in [0.717, 1.165) is 18.9 Å². The van der Waals surface area contributed by atoms with E-state index in [1.165, 1.54) is 24.3 Å². The fourth-order valence-corrected chi connectivity index (χ4v) is 8.33. The number of likely N-dealkylation sites (tertiary alicyclic amines) is 2. The van der Waals surface area contributed by atoms with Gasteiger partial charge in [-0.25, -0.2) is 43.5 Å². The van der Waals surface area contributed by atoms with Crippen LogP contribution in [0.5, 0.6) is 0 Å². The first-order valence-corrected chi connectivity index (χ1v) is 24.2. The Labute approximate surface area is 436 Å². The van der Waals surface area contributed by atoms with Crippen molar-refractivity contribution >= 4 is 86.0 Å². The van der Waals surface area contributed by atoms with Crippen molar-refractivity contribution in [3.63, 3.8) is 0 Å². The summed E-state index contributed by atoms with van der Waals surface area (Å²) in [6.07, 6.45) is 8.63. The fraction of sp³-hybridized carbons (Fsp3) is 0.196. The number of likely N-dealkylation sites (N-methyl/N-ethyl adjacent to an activating group) is 1. The van der Waals surface area contributed by atoms with Crippen molar-refractivity contribution in [3.8, 4) is 22.3 Å². The molecular formula is C56H54F2N14O4. The summed E-state index contributed by atoms with van der Waals surface area (Å²) in [6, 6.07) is 27.7. The summed E-state index contributed by atoms with van der Waals surface area (Å²) in [7, 11) is 2.08. The van der Waals surface area contributed by atoms with Gasteiger partial charge in [0.25, 0.3) is 0 Å². The zero-order valence-electron chi connectivity index (χ0n) is 42.1. The van der Waals surface area contributed by atoms with Gasteiger partial charge in [0.05, 0.1) is 46.9 Å². The number of anilines is 8. The number of hydrogen-bond acceptors (Lipinski definition) is 15. The van der Waals surface area contributed by atoms with Gasteiger partial charge in [-0.15, -0.1) is 0 Å². The summed E-state index contributed by atoms with van der Waals surface area (Å²) in [4.78, 5) is 66.3. The third-order valence-corrected chi connectivity index (χ3v) is 12.0. The molecule has 8 aromatic rings. The van der Waals surface area contributed by atoms with E-state index in [2.05, 4.69) is 86.9 Å². The van der Waals surface area contributed by atoms with Crippen molar-refractivity contribution in [2.75, 3.05) is 65.1 Å². The summed E-state index contributed by atoms with van der Waals surface area (Å²) < 4.78 is 35.5. The lowest BCUT2D eigenvalue weighted by Crippen LogP contribution is -2.58. The summed E-state index contributed by atoms with van der Waals surface area (Å²) in [6.45, 7) is 15.5. The number of nitrogens with zero attached hydrogens (tertiary/aromatic N) is 8. The van der Waals surface area contributed by atoms with Crippen LogP contribution in [0.1, 0.15) is 20.8 Å². The molecule has 20 heteroatoms. The quantitative estimate of drug-likeness (QED) is 0.0559. The number of amides is 3. The van der Waals surface area contributed by atoms with Crippen molar-refractivity contribution in [2.24, 2.45) is 0 Å². The number of pyridine rings is 2.